The van der Waals surface area contributed by atoms with E-state index in [-0.39, 0.29) is 4.90 Å². The molecular formula is C11H12N4O2S. The van der Waals surface area contributed by atoms with Gasteiger partial charge in [-0.05, 0) is 37.3 Å². The third-order valence-corrected chi connectivity index (χ3v) is 3.16. The minimum Gasteiger partial charge on any atom is -0.324 e. The zero-order chi connectivity index (χ0) is 13.2. The number of nitrogens with one attached hydrogen (secondary N) is 1. The molecule has 3 N–H and O–H groups in total. The maximum atomic E-state index is 11.1. The number of nitrogens with two attached hydrogens (primary N) is 1. The van der Waals surface area contributed by atoms with Crippen molar-refractivity contribution in [3.8, 4) is 0 Å². The normalized spacial score (nSPS) is 11.2. The lowest BCUT2D eigenvalue weighted by Gasteiger charge is -2.05. The van der Waals surface area contributed by atoms with E-state index in [1.165, 1.54) is 12.1 Å². The van der Waals surface area contributed by atoms with Crippen molar-refractivity contribution in [2.45, 2.75) is 11.8 Å². The van der Waals surface area contributed by atoms with Crippen molar-refractivity contribution < 1.29 is 8.42 Å². The minimum absolute atomic E-state index is 0.0678. The fourth-order valence-corrected chi connectivity index (χ4v) is 1.88. The van der Waals surface area contributed by atoms with Gasteiger partial charge in [0, 0.05) is 17.6 Å². The molecule has 7 heteroatoms. The number of primary sulfonamides is 1. The molecule has 0 aliphatic carbocycles. The van der Waals surface area contributed by atoms with Gasteiger partial charge in [0.1, 0.15) is 0 Å². The molecule has 0 aliphatic rings. The second-order valence-corrected chi connectivity index (χ2v) is 5.28. The highest BCUT2D eigenvalue weighted by Gasteiger charge is 2.06. The van der Waals surface area contributed by atoms with Crippen LogP contribution in [0.25, 0.3) is 0 Å². The Morgan fingerprint density at radius 2 is 1.83 bits per heavy atom. The Hall–Kier alpha value is -1.99. The first-order valence-electron chi connectivity index (χ1n) is 5.15. The van der Waals surface area contributed by atoms with Gasteiger partial charge in [-0.1, -0.05) is 0 Å². The molecule has 0 atom stereocenters. The van der Waals surface area contributed by atoms with Crippen LogP contribution < -0.4 is 10.5 Å². The van der Waals surface area contributed by atoms with E-state index >= 15 is 0 Å². The maximum absolute atomic E-state index is 11.1. The summed E-state index contributed by atoms with van der Waals surface area (Å²) in [6, 6.07) is 7.84. The van der Waals surface area contributed by atoms with Crippen molar-refractivity contribution in [1.29, 1.82) is 0 Å². The van der Waals surface area contributed by atoms with Crippen LogP contribution in [-0.2, 0) is 10.0 Å². The van der Waals surface area contributed by atoms with E-state index in [1.54, 1.807) is 24.4 Å². The number of aryl methyl sites for hydroxylation is 1. The van der Waals surface area contributed by atoms with Crippen LogP contribution in [0.4, 0.5) is 11.6 Å². The smallest absolute Gasteiger partial charge is 0.238 e. The number of rotatable bonds is 3. The van der Waals surface area contributed by atoms with Crippen molar-refractivity contribution in [3.63, 3.8) is 0 Å². The SMILES string of the molecule is Cc1ccnc(Nc2ccc(S(N)(=O)=O)cc2)n1. The number of hydrogen-bond donors (Lipinski definition) is 2. The van der Waals surface area contributed by atoms with Gasteiger partial charge < -0.3 is 5.32 Å². The first-order chi connectivity index (χ1) is 8.45. The molecule has 1 aromatic carbocycles. The van der Waals surface area contributed by atoms with Crippen molar-refractivity contribution >= 4 is 21.7 Å². The summed E-state index contributed by atoms with van der Waals surface area (Å²) in [5, 5.41) is 7.97. The van der Waals surface area contributed by atoms with Crippen molar-refractivity contribution in [3.05, 3.63) is 42.2 Å². The first-order valence-corrected chi connectivity index (χ1v) is 6.69. The average Bonchev–Trinajstić information content (AvgIpc) is 2.28. The second kappa shape index (κ2) is 4.71. The Bertz CT molecular complexity index is 653. The molecule has 1 aromatic heterocycles. The van der Waals surface area contributed by atoms with Gasteiger partial charge in [-0.25, -0.2) is 23.5 Å². The third kappa shape index (κ3) is 3.02. The Morgan fingerprint density at radius 1 is 1.17 bits per heavy atom. The van der Waals surface area contributed by atoms with Gasteiger partial charge in [-0.2, -0.15) is 0 Å². The highest BCUT2D eigenvalue weighted by molar-refractivity contribution is 7.89. The number of benzene rings is 1. The summed E-state index contributed by atoms with van der Waals surface area (Å²) in [6.45, 7) is 1.86. The second-order valence-electron chi connectivity index (χ2n) is 3.72. The van der Waals surface area contributed by atoms with E-state index in [1.807, 2.05) is 6.92 Å². The van der Waals surface area contributed by atoms with Crippen LogP contribution in [0.5, 0.6) is 0 Å². The molecule has 94 valence electrons. The van der Waals surface area contributed by atoms with E-state index in [4.69, 9.17) is 5.14 Å². The van der Waals surface area contributed by atoms with Crippen LogP contribution in [0.15, 0.2) is 41.4 Å². The number of hydrogen-bond acceptors (Lipinski definition) is 5. The quantitative estimate of drug-likeness (QED) is 0.867. The van der Waals surface area contributed by atoms with E-state index in [2.05, 4.69) is 15.3 Å². The van der Waals surface area contributed by atoms with E-state index in [0.29, 0.717) is 11.6 Å². The summed E-state index contributed by atoms with van der Waals surface area (Å²) >= 11 is 0. The van der Waals surface area contributed by atoms with Crippen LogP contribution in [0.1, 0.15) is 5.69 Å². The topological polar surface area (TPSA) is 98.0 Å². The summed E-state index contributed by atoms with van der Waals surface area (Å²) in [7, 11) is -3.66. The molecule has 0 amide bonds. The Balaban J connectivity index is 2.21. The van der Waals surface area contributed by atoms with Crippen molar-refractivity contribution in [2.24, 2.45) is 5.14 Å². The molecule has 0 radical (unpaired) electrons. The zero-order valence-corrected chi connectivity index (χ0v) is 10.5. The average molecular weight is 264 g/mol. The van der Waals surface area contributed by atoms with Gasteiger partial charge in [0.25, 0.3) is 0 Å². The van der Waals surface area contributed by atoms with Crippen LogP contribution in [-0.4, -0.2) is 18.4 Å². The molecule has 0 unspecified atom stereocenters. The maximum Gasteiger partial charge on any atom is 0.238 e. The van der Waals surface area contributed by atoms with Crippen molar-refractivity contribution in [2.75, 3.05) is 5.32 Å². The molecule has 1 heterocycles. The first kappa shape index (κ1) is 12.5. The van der Waals surface area contributed by atoms with Gasteiger partial charge in [-0.3, -0.25) is 0 Å². The monoisotopic (exact) mass is 264 g/mol. The standard InChI is InChI=1S/C11H12N4O2S/c1-8-6-7-13-11(14-8)15-9-2-4-10(5-3-9)18(12,16)17/h2-7H,1H3,(H2,12,16,17)(H,13,14,15). The fourth-order valence-electron chi connectivity index (χ4n) is 1.37. The molecule has 0 aliphatic heterocycles. The highest BCUT2D eigenvalue weighted by Crippen LogP contribution is 2.15. The minimum atomic E-state index is -3.66. The molecule has 0 bridgehead atoms. The summed E-state index contributed by atoms with van der Waals surface area (Å²) < 4.78 is 22.2. The molecule has 0 saturated carbocycles. The number of anilines is 2. The van der Waals surface area contributed by atoms with Crippen LogP contribution in [0, 0.1) is 6.92 Å². The van der Waals surface area contributed by atoms with E-state index in [9.17, 15) is 8.42 Å². The summed E-state index contributed by atoms with van der Waals surface area (Å²) in [6.07, 6.45) is 1.64. The van der Waals surface area contributed by atoms with Gasteiger partial charge in [-0.15, -0.1) is 0 Å². The predicted octanol–water partition coefficient (Wildman–Crippen LogP) is 1.18. The molecule has 2 rings (SSSR count). The molecular weight excluding hydrogens is 252 g/mol. The van der Waals surface area contributed by atoms with Crippen LogP contribution in [0.2, 0.25) is 0 Å². The lowest BCUT2D eigenvalue weighted by atomic mass is 10.3. The van der Waals surface area contributed by atoms with Crippen molar-refractivity contribution in [1.82, 2.24) is 9.97 Å². The summed E-state index contributed by atoms with van der Waals surface area (Å²) in [4.78, 5) is 8.28. The highest BCUT2D eigenvalue weighted by atomic mass is 32.2. The van der Waals surface area contributed by atoms with Gasteiger partial charge in [0.15, 0.2) is 0 Å². The molecule has 0 spiro atoms. The lowest BCUT2D eigenvalue weighted by Crippen LogP contribution is -2.11. The zero-order valence-electron chi connectivity index (χ0n) is 9.66. The Morgan fingerprint density at radius 3 is 2.39 bits per heavy atom. The molecule has 2 aromatic rings. The Labute approximate surface area is 105 Å². The van der Waals surface area contributed by atoms with E-state index < -0.39 is 10.0 Å². The van der Waals surface area contributed by atoms with E-state index in [0.717, 1.165) is 5.69 Å². The number of nitrogens with zero attached hydrogens (tertiary/aromatic N) is 2. The van der Waals surface area contributed by atoms with Gasteiger partial charge in [0.05, 0.1) is 4.90 Å². The summed E-state index contributed by atoms with van der Waals surface area (Å²) in [5.74, 6) is 0.457. The lowest BCUT2D eigenvalue weighted by molar-refractivity contribution is 0.598. The molecule has 0 fully saturated rings. The number of sulfonamides is 1. The fraction of sp³-hybridized carbons (Fsp3) is 0.0909. The van der Waals surface area contributed by atoms with Crippen LogP contribution in [0.3, 0.4) is 0 Å². The molecule has 18 heavy (non-hydrogen) atoms. The van der Waals surface area contributed by atoms with Crippen LogP contribution >= 0.6 is 0 Å². The Kier molecular flexibility index (Phi) is 3.26. The van der Waals surface area contributed by atoms with Gasteiger partial charge in [0.2, 0.25) is 16.0 Å². The largest absolute Gasteiger partial charge is 0.324 e. The third-order valence-electron chi connectivity index (χ3n) is 2.23. The predicted molar refractivity (Wildman–Crippen MR) is 67.9 cm³/mol. The number of aromatic nitrogens is 2. The van der Waals surface area contributed by atoms with Gasteiger partial charge >= 0.3 is 0 Å². The molecule has 0 saturated heterocycles. The summed E-state index contributed by atoms with van der Waals surface area (Å²) in [5.41, 5.74) is 1.53. The molecule has 6 nitrogen and oxygen atoms in total.